The molecule has 0 spiro atoms. The standard InChI is InChI=1S/C3H9N.H3N.H4Si/c1-4(2)3;;/h1-3H3;1H3;1H4. The minimum absolute atomic E-state index is 0. The molecule has 3 heteroatoms. The highest BCUT2D eigenvalue weighted by atomic mass is 28.1. The zero-order valence-corrected chi connectivity index (χ0v) is 4.15. The Hall–Kier alpha value is 0.137. The first-order valence-corrected chi connectivity index (χ1v) is 1.34. The maximum absolute atomic E-state index is 2.00. The molecule has 0 aromatic heterocycles. The average Bonchev–Trinajstić information content (AvgIpc) is 0.811. The quantitative estimate of drug-likeness (QED) is 0.400. The summed E-state index contributed by atoms with van der Waals surface area (Å²) in [6.07, 6.45) is 0. The highest BCUT2D eigenvalue weighted by Crippen LogP contribution is 1.47. The van der Waals surface area contributed by atoms with E-state index in [1.165, 1.54) is 0 Å². The lowest BCUT2D eigenvalue weighted by Gasteiger charge is -1.90. The Labute approximate surface area is 44.1 Å². The van der Waals surface area contributed by atoms with Crippen LogP contribution < -0.4 is 6.15 Å². The van der Waals surface area contributed by atoms with Crippen LogP contribution in [0.4, 0.5) is 0 Å². The largest absolute Gasteiger partial charge is 0.344 e. The first-order valence-electron chi connectivity index (χ1n) is 1.34. The lowest BCUT2D eigenvalue weighted by Crippen LogP contribution is -1.99. The number of rotatable bonds is 0. The second kappa shape index (κ2) is 8.93. The Bertz CT molecular complexity index is 13.5. The van der Waals surface area contributed by atoms with Crippen LogP contribution in [0.15, 0.2) is 0 Å². The fraction of sp³-hybridized carbons (Fsp3) is 1.00. The summed E-state index contributed by atoms with van der Waals surface area (Å²) in [5.74, 6) is 0. The van der Waals surface area contributed by atoms with Crippen molar-refractivity contribution in [2.75, 3.05) is 21.1 Å². The third-order valence-corrected chi connectivity index (χ3v) is 0. The van der Waals surface area contributed by atoms with Gasteiger partial charge >= 0.3 is 0 Å². The van der Waals surface area contributed by atoms with Crippen LogP contribution >= 0.6 is 0 Å². The van der Waals surface area contributed by atoms with Crippen molar-refractivity contribution in [3.05, 3.63) is 0 Å². The van der Waals surface area contributed by atoms with Gasteiger partial charge in [0.15, 0.2) is 0 Å². The predicted octanol–water partition coefficient (Wildman–Crippen LogP) is -1.11. The average molecular weight is 108 g/mol. The van der Waals surface area contributed by atoms with Gasteiger partial charge in [-0.25, -0.2) is 0 Å². The van der Waals surface area contributed by atoms with Gasteiger partial charge in [-0.15, -0.1) is 0 Å². The summed E-state index contributed by atoms with van der Waals surface area (Å²) in [7, 11) is 6.00. The van der Waals surface area contributed by atoms with Crippen LogP contribution in [-0.2, 0) is 0 Å². The summed E-state index contributed by atoms with van der Waals surface area (Å²) < 4.78 is 0. The summed E-state index contributed by atoms with van der Waals surface area (Å²) in [4.78, 5) is 2.00. The molecule has 6 heavy (non-hydrogen) atoms. The van der Waals surface area contributed by atoms with Crippen LogP contribution in [0.3, 0.4) is 0 Å². The highest BCUT2D eigenvalue weighted by molar-refractivity contribution is 5.75. The van der Waals surface area contributed by atoms with E-state index in [9.17, 15) is 0 Å². The van der Waals surface area contributed by atoms with Gasteiger partial charge in [0.05, 0.1) is 0 Å². The van der Waals surface area contributed by atoms with Crippen molar-refractivity contribution in [3.63, 3.8) is 0 Å². The monoisotopic (exact) mass is 108 g/mol. The second-order valence-electron chi connectivity index (χ2n) is 1.34. The molecular formula is C3H16N2Si. The minimum Gasteiger partial charge on any atom is -0.344 e. The Morgan fingerprint density at radius 2 is 1.00 bits per heavy atom. The number of hydrogen-bond acceptors (Lipinski definition) is 2. The molecule has 0 heterocycles. The van der Waals surface area contributed by atoms with Gasteiger partial charge in [0, 0.05) is 0 Å². The van der Waals surface area contributed by atoms with E-state index < -0.39 is 0 Å². The topological polar surface area (TPSA) is 38.2 Å². The SMILES string of the molecule is CN(C)C.N.[SiH4]. The molecule has 0 fully saturated rings. The smallest absolute Gasteiger partial charge is 0.0140 e. The summed E-state index contributed by atoms with van der Waals surface area (Å²) in [6, 6.07) is 0. The fourth-order valence-corrected chi connectivity index (χ4v) is 0. The van der Waals surface area contributed by atoms with E-state index in [0.717, 1.165) is 0 Å². The second-order valence-corrected chi connectivity index (χ2v) is 1.34. The molecule has 0 aromatic carbocycles. The molecule has 0 atom stereocenters. The van der Waals surface area contributed by atoms with Gasteiger partial charge in [0.1, 0.15) is 0 Å². The summed E-state index contributed by atoms with van der Waals surface area (Å²) in [5.41, 5.74) is 0. The molecule has 0 radical (unpaired) electrons. The van der Waals surface area contributed by atoms with Crippen LogP contribution in [0, 0.1) is 0 Å². The summed E-state index contributed by atoms with van der Waals surface area (Å²) in [5, 5.41) is 0. The predicted molar refractivity (Wildman–Crippen MR) is 36.0 cm³/mol. The van der Waals surface area contributed by atoms with Gasteiger partial charge in [-0.1, -0.05) is 0 Å². The van der Waals surface area contributed by atoms with E-state index in [1.54, 1.807) is 0 Å². The van der Waals surface area contributed by atoms with Crippen molar-refractivity contribution in [1.29, 1.82) is 0 Å². The van der Waals surface area contributed by atoms with E-state index in [4.69, 9.17) is 0 Å². The molecule has 0 aromatic rings. The van der Waals surface area contributed by atoms with Crippen LogP contribution in [0.1, 0.15) is 0 Å². The molecule has 0 saturated heterocycles. The third-order valence-electron chi connectivity index (χ3n) is 0. The zero-order valence-electron chi connectivity index (χ0n) is 4.15. The lowest BCUT2D eigenvalue weighted by atomic mass is 11.0. The Morgan fingerprint density at radius 1 is 1.00 bits per heavy atom. The Balaban J connectivity index is -0.0000000450. The zero-order chi connectivity index (χ0) is 3.58. The van der Waals surface area contributed by atoms with Crippen molar-refractivity contribution in [2.24, 2.45) is 0 Å². The van der Waals surface area contributed by atoms with Gasteiger partial charge < -0.3 is 11.1 Å². The van der Waals surface area contributed by atoms with Gasteiger partial charge in [-0.2, -0.15) is 0 Å². The molecule has 0 aliphatic heterocycles. The molecule has 0 bridgehead atoms. The number of nitrogens with zero attached hydrogens (tertiary/aromatic N) is 1. The molecule has 2 nitrogen and oxygen atoms in total. The molecule has 0 saturated carbocycles. The van der Waals surface area contributed by atoms with E-state index in [2.05, 4.69) is 0 Å². The van der Waals surface area contributed by atoms with Crippen molar-refractivity contribution in [3.8, 4) is 0 Å². The van der Waals surface area contributed by atoms with Crippen LogP contribution in [0.25, 0.3) is 0 Å². The maximum Gasteiger partial charge on any atom is -0.0140 e. The fourth-order valence-electron chi connectivity index (χ4n) is 0. The van der Waals surface area contributed by atoms with E-state index in [-0.39, 0.29) is 17.1 Å². The van der Waals surface area contributed by atoms with Crippen LogP contribution in [0.5, 0.6) is 0 Å². The lowest BCUT2D eigenvalue weighted by molar-refractivity contribution is 0.505. The normalized spacial score (nSPS) is 6.00. The summed E-state index contributed by atoms with van der Waals surface area (Å²) in [6.45, 7) is 0. The van der Waals surface area contributed by atoms with Gasteiger partial charge in [0.2, 0.25) is 0 Å². The van der Waals surface area contributed by atoms with Crippen molar-refractivity contribution in [1.82, 2.24) is 11.1 Å². The van der Waals surface area contributed by atoms with Crippen molar-refractivity contribution in [2.45, 2.75) is 0 Å². The highest BCUT2D eigenvalue weighted by Gasteiger charge is 1.58. The van der Waals surface area contributed by atoms with E-state index in [0.29, 0.717) is 0 Å². The van der Waals surface area contributed by atoms with Gasteiger partial charge in [-0.3, -0.25) is 0 Å². The minimum atomic E-state index is 0. The third kappa shape index (κ3) is 2170. The molecule has 0 amide bonds. The van der Waals surface area contributed by atoms with Gasteiger partial charge in [0.25, 0.3) is 0 Å². The van der Waals surface area contributed by atoms with Gasteiger partial charge in [-0.05, 0) is 32.1 Å². The van der Waals surface area contributed by atoms with Crippen LogP contribution in [-0.4, -0.2) is 37.0 Å². The molecular weight excluding hydrogens is 92.1 g/mol. The van der Waals surface area contributed by atoms with Crippen molar-refractivity contribution >= 4 is 11.0 Å². The molecule has 3 N–H and O–H groups in total. The van der Waals surface area contributed by atoms with E-state index in [1.807, 2.05) is 26.0 Å². The maximum atomic E-state index is 2.00. The summed E-state index contributed by atoms with van der Waals surface area (Å²) >= 11 is 0. The molecule has 0 aliphatic carbocycles. The van der Waals surface area contributed by atoms with Crippen LogP contribution in [0.2, 0.25) is 0 Å². The number of hydrogen-bond donors (Lipinski definition) is 1. The first-order chi connectivity index (χ1) is 1.73. The van der Waals surface area contributed by atoms with Crippen molar-refractivity contribution < 1.29 is 0 Å². The molecule has 0 unspecified atom stereocenters. The first kappa shape index (κ1) is 16.5. The molecule has 42 valence electrons. The Morgan fingerprint density at radius 3 is 1.00 bits per heavy atom. The van der Waals surface area contributed by atoms with E-state index >= 15 is 0 Å². The molecule has 0 rings (SSSR count). The molecule has 0 aliphatic rings. The Kier molecular flexibility index (Phi) is 24.5.